The second-order valence-electron chi connectivity index (χ2n) is 4.55. The molecule has 0 aliphatic carbocycles. The number of benzene rings is 1. The minimum Gasteiger partial charge on any atom is -0.490 e. The molecule has 1 unspecified atom stereocenters. The van der Waals surface area contributed by atoms with Gasteiger partial charge in [-0.2, -0.15) is 0 Å². The molecule has 0 aliphatic heterocycles. The van der Waals surface area contributed by atoms with E-state index in [4.69, 9.17) is 20.3 Å². The van der Waals surface area contributed by atoms with Gasteiger partial charge in [0.25, 0.3) is 0 Å². The Bertz CT molecular complexity index is 418. The first-order valence-corrected chi connectivity index (χ1v) is 6.34. The minimum absolute atomic E-state index is 0.360. The summed E-state index contributed by atoms with van der Waals surface area (Å²) < 4.78 is 11.0. The molecule has 0 saturated heterocycles. The van der Waals surface area contributed by atoms with Crippen molar-refractivity contribution in [2.45, 2.75) is 32.2 Å². The molecule has 1 atom stereocenters. The molecule has 0 aromatic heterocycles. The summed E-state index contributed by atoms with van der Waals surface area (Å²) in [5, 5.41) is 8.89. The lowest BCUT2D eigenvalue weighted by Gasteiger charge is -2.19. The van der Waals surface area contributed by atoms with Crippen molar-refractivity contribution in [2.75, 3.05) is 13.2 Å². The number of carboxylic acids is 1. The summed E-state index contributed by atoms with van der Waals surface area (Å²) in [6.45, 7) is 4.39. The van der Waals surface area contributed by atoms with Gasteiger partial charge < -0.3 is 20.3 Å². The third-order valence-electron chi connectivity index (χ3n) is 2.74. The molecule has 19 heavy (non-hydrogen) atoms. The lowest BCUT2D eigenvalue weighted by Crippen LogP contribution is -2.44. The number of rotatable bonds is 8. The number of ether oxygens (including phenoxy) is 2. The van der Waals surface area contributed by atoms with Crippen molar-refractivity contribution in [3.63, 3.8) is 0 Å². The Morgan fingerprint density at radius 2 is 1.89 bits per heavy atom. The number of carboxylic acid groups (broad SMARTS) is 1. The molecule has 0 amide bonds. The zero-order valence-corrected chi connectivity index (χ0v) is 11.4. The van der Waals surface area contributed by atoms with E-state index in [-0.39, 0.29) is 0 Å². The molecule has 1 aromatic carbocycles. The molecule has 0 aliphatic rings. The largest absolute Gasteiger partial charge is 0.490 e. The molecule has 0 heterocycles. The predicted molar refractivity (Wildman–Crippen MR) is 72.6 cm³/mol. The van der Waals surface area contributed by atoms with E-state index < -0.39 is 11.5 Å². The van der Waals surface area contributed by atoms with Crippen LogP contribution in [-0.2, 0) is 4.79 Å². The zero-order chi connectivity index (χ0) is 14.3. The SMILES string of the molecule is CCOc1ccccc1OCCCC(C)(N)C(=O)O. The number of hydrogen-bond acceptors (Lipinski definition) is 4. The summed E-state index contributed by atoms with van der Waals surface area (Å²) in [7, 11) is 0. The second-order valence-corrected chi connectivity index (χ2v) is 4.55. The first-order chi connectivity index (χ1) is 8.97. The lowest BCUT2D eigenvalue weighted by atomic mass is 9.98. The maximum atomic E-state index is 10.8. The maximum absolute atomic E-state index is 10.8. The zero-order valence-electron chi connectivity index (χ0n) is 11.4. The highest BCUT2D eigenvalue weighted by Crippen LogP contribution is 2.26. The topological polar surface area (TPSA) is 81.8 Å². The van der Waals surface area contributed by atoms with Gasteiger partial charge in [0.15, 0.2) is 11.5 Å². The highest BCUT2D eigenvalue weighted by atomic mass is 16.5. The number of carbonyl (C=O) groups is 1. The van der Waals surface area contributed by atoms with Crippen LogP contribution in [-0.4, -0.2) is 29.8 Å². The fourth-order valence-electron chi connectivity index (χ4n) is 1.57. The number of nitrogens with two attached hydrogens (primary N) is 1. The van der Waals surface area contributed by atoms with Crippen molar-refractivity contribution in [2.24, 2.45) is 5.73 Å². The Kier molecular flexibility index (Phi) is 5.63. The van der Waals surface area contributed by atoms with Crippen molar-refractivity contribution >= 4 is 5.97 Å². The molecule has 5 nitrogen and oxygen atoms in total. The molecule has 0 bridgehead atoms. The summed E-state index contributed by atoms with van der Waals surface area (Å²) in [5.74, 6) is 0.361. The molecule has 0 saturated carbocycles. The van der Waals surface area contributed by atoms with Crippen LogP contribution in [0.4, 0.5) is 0 Å². The van der Waals surface area contributed by atoms with Gasteiger partial charge in [0, 0.05) is 0 Å². The summed E-state index contributed by atoms with van der Waals surface area (Å²) >= 11 is 0. The van der Waals surface area contributed by atoms with Gasteiger partial charge in [0.05, 0.1) is 13.2 Å². The molecular formula is C14H21NO4. The van der Waals surface area contributed by atoms with E-state index in [1.54, 1.807) is 0 Å². The van der Waals surface area contributed by atoms with Crippen molar-refractivity contribution in [1.82, 2.24) is 0 Å². The van der Waals surface area contributed by atoms with Gasteiger partial charge in [-0.15, -0.1) is 0 Å². The van der Waals surface area contributed by atoms with E-state index in [9.17, 15) is 4.79 Å². The second kappa shape index (κ2) is 6.99. The normalized spacial score (nSPS) is 13.6. The van der Waals surface area contributed by atoms with Crippen LogP contribution in [0.5, 0.6) is 11.5 Å². The van der Waals surface area contributed by atoms with Crippen molar-refractivity contribution in [3.05, 3.63) is 24.3 Å². The van der Waals surface area contributed by atoms with Gasteiger partial charge in [-0.05, 0) is 38.8 Å². The van der Waals surface area contributed by atoms with Crippen LogP contribution in [0, 0.1) is 0 Å². The van der Waals surface area contributed by atoms with E-state index in [0.29, 0.717) is 37.6 Å². The maximum Gasteiger partial charge on any atom is 0.323 e. The molecule has 0 fully saturated rings. The lowest BCUT2D eigenvalue weighted by molar-refractivity contribution is -0.143. The van der Waals surface area contributed by atoms with Crippen LogP contribution in [0.2, 0.25) is 0 Å². The molecule has 0 radical (unpaired) electrons. The van der Waals surface area contributed by atoms with Crippen LogP contribution in [0.1, 0.15) is 26.7 Å². The molecule has 3 N–H and O–H groups in total. The van der Waals surface area contributed by atoms with E-state index in [1.165, 1.54) is 6.92 Å². The summed E-state index contributed by atoms with van der Waals surface area (Å²) in [6, 6.07) is 7.40. The Morgan fingerprint density at radius 3 is 2.42 bits per heavy atom. The van der Waals surface area contributed by atoms with E-state index in [2.05, 4.69) is 0 Å². The smallest absolute Gasteiger partial charge is 0.323 e. The first-order valence-electron chi connectivity index (χ1n) is 6.34. The van der Waals surface area contributed by atoms with Gasteiger partial charge >= 0.3 is 5.97 Å². The summed E-state index contributed by atoms with van der Waals surface area (Å²) in [4.78, 5) is 10.8. The van der Waals surface area contributed by atoms with E-state index >= 15 is 0 Å². The Morgan fingerprint density at radius 1 is 1.32 bits per heavy atom. The fraction of sp³-hybridized carbons (Fsp3) is 0.500. The third-order valence-corrected chi connectivity index (χ3v) is 2.74. The summed E-state index contributed by atoms with van der Waals surface area (Å²) in [6.07, 6.45) is 0.929. The molecule has 5 heteroatoms. The van der Waals surface area contributed by atoms with Gasteiger partial charge in [0.2, 0.25) is 0 Å². The average Bonchev–Trinajstić information content (AvgIpc) is 2.36. The first kappa shape index (κ1) is 15.3. The minimum atomic E-state index is -1.21. The van der Waals surface area contributed by atoms with Crippen LogP contribution < -0.4 is 15.2 Å². The Labute approximate surface area is 113 Å². The van der Waals surface area contributed by atoms with E-state index in [1.807, 2.05) is 31.2 Å². The molecule has 1 aromatic rings. The number of para-hydroxylation sites is 2. The number of aliphatic carboxylic acids is 1. The van der Waals surface area contributed by atoms with Crippen LogP contribution in [0.3, 0.4) is 0 Å². The Balaban J connectivity index is 2.43. The van der Waals surface area contributed by atoms with Gasteiger partial charge in [0.1, 0.15) is 5.54 Å². The van der Waals surface area contributed by atoms with Gasteiger partial charge in [-0.1, -0.05) is 12.1 Å². The highest BCUT2D eigenvalue weighted by Gasteiger charge is 2.26. The Hall–Kier alpha value is -1.75. The summed E-state index contributed by atoms with van der Waals surface area (Å²) in [5.41, 5.74) is 4.43. The standard InChI is InChI=1S/C14H21NO4/c1-3-18-11-7-4-5-8-12(11)19-10-6-9-14(2,15)13(16)17/h4-5,7-8H,3,6,9-10,15H2,1-2H3,(H,16,17). The van der Waals surface area contributed by atoms with Crippen LogP contribution in [0.15, 0.2) is 24.3 Å². The van der Waals surface area contributed by atoms with Crippen molar-refractivity contribution in [3.8, 4) is 11.5 Å². The van der Waals surface area contributed by atoms with Crippen LogP contribution in [0.25, 0.3) is 0 Å². The van der Waals surface area contributed by atoms with Crippen molar-refractivity contribution in [1.29, 1.82) is 0 Å². The molecular weight excluding hydrogens is 246 g/mol. The highest BCUT2D eigenvalue weighted by molar-refractivity contribution is 5.77. The molecule has 0 spiro atoms. The fourth-order valence-corrected chi connectivity index (χ4v) is 1.57. The molecule has 106 valence electrons. The number of hydrogen-bond donors (Lipinski definition) is 2. The molecule has 1 rings (SSSR count). The van der Waals surface area contributed by atoms with Gasteiger partial charge in [-0.3, -0.25) is 4.79 Å². The van der Waals surface area contributed by atoms with Crippen LogP contribution >= 0.6 is 0 Å². The predicted octanol–water partition coefficient (Wildman–Crippen LogP) is 2.05. The van der Waals surface area contributed by atoms with E-state index in [0.717, 1.165) is 0 Å². The monoisotopic (exact) mass is 267 g/mol. The average molecular weight is 267 g/mol. The van der Waals surface area contributed by atoms with Crippen molar-refractivity contribution < 1.29 is 19.4 Å². The quantitative estimate of drug-likeness (QED) is 0.704. The van der Waals surface area contributed by atoms with Gasteiger partial charge in [-0.25, -0.2) is 0 Å². The third kappa shape index (κ3) is 4.79.